The van der Waals surface area contributed by atoms with Gasteiger partial charge in [-0.3, -0.25) is 0 Å². The molecule has 1 nitrogen and oxygen atoms in total. The molecule has 0 radical (unpaired) electrons. The molecular formula is C6H16NP. The highest BCUT2D eigenvalue weighted by atomic mass is 31.0. The van der Waals surface area contributed by atoms with Crippen molar-refractivity contribution in [2.75, 3.05) is 0 Å². The quantitative estimate of drug-likeness (QED) is 0.536. The van der Waals surface area contributed by atoms with Gasteiger partial charge in [0.25, 0.3) is 0 Å². The van der Waals surface area contributed by atoms with Crippen molar-refractivity contribution in [1.29, 1.82) is 0 Å². The topological polar surface area (TPSA) is 12.0 Å². The van der Waals surface area contributed by atoms with Crippen LogP contribution in [0.3, 0.4) is 0 Å². The Balaban J connectivity index is 3.39. The van der Waals surface area contributed by atoms with Gasteiger partial charge in [0.1, 0.15) is 0 Å². The van der Waals surface area contributed by atoms with Gasteiger partial charge in [0.05, 0.1) is 0 Å². The smallest absolute Gasteiger partial charge is 0.0188 e. The predicted octanol–water partition coefficient (Wildman–Crippen LogP) is 1.60. The summed E-state index contributed by atoms with van der Waals surface area (Å²) in [6.45, 7) is 8.60. The number of nitrogens with one attached hydrogen (secondary N) is 1. The highest BCUT2D eigenvalue weighted by Crippen LogP contribution is 2.03. The lowest BCUT2D eigenvalue weighted by molar-refractivity contribution is 0.424. The summed E-state index contributed by atoms with van der Waals surface area (Å²) in [5.41, 5.74) is 0.251. The lowest BCUT2D eigenvalue weighted by atomic mass is 10.1. The van der Waals surface area contributed by atoms with Crippen LogP contribution in [0.4, 0.5) is 0 Å². The molecule has 0 aliphatic rings. The molecule has 0 fully saturated rings. The summed E-state index contributed by atoms with van der Waals surface area (Å²) in [6.07, 6.45) is 0. The van der Waals surface area contributed by atoms with Crippen LogP contribution in [-0.4, -0.2) is 11.3 Å². The van der Waals surface area contributed by atoms with Gasteiger partial charge in [-0.05, 0) is 27.7 Å². The van der Waals surface area contributed by atoms with Gasteiger partial charge in [0.2, 0.25) is 0 Å². The molecule has 0 bridgehead atoms. The molecule has 50 valence electrons. The van der Waals surface area contributed by atoms with Crippen molar-refractivity contribution in [1.82, 2.24) is 5.32 Å². The average Bonchev–Trinajstić information content (AvgIpc) is 1.21. The summed E-state index contributed by atoms with van der Waals surface area (Å²) in [7, 11) is 2.71. The van der Waals surface area contributed by atoms with Gasteiger partial charge in [-0.1, -0.05) is 0 Å². The van der Waals surface area contributed by atoms with E-state index in [1.54, 1.807) is 0 Å². The Morgan fingerprint density at radius 1 is 1.38 bits per heavy atom. The maximum absolute atomic E-state index is 3.34. The minimum Gasteiger partial charge on any atom is -0.306 e. The van der Waals surface area contributed by atoms with Gasteiger partial charge in [0.15, 0.2) is 0 Å². The molecule has 0 aromatic rings. The maximum Gasteiger partial charge on any atom is 0.0188 e. The molecule has 0 spiro atoms. The molecule has 2 heteroatoms. The van der Waals surface area contributed by atoms with Crippen LogP contribution >= 0.6 is 9.24 Å². The standard InChI is InChI=1S/C6H16NP/c1-5(8)7-6(2,3)4/h5,7H,8H2,1-4H3. The van der Waals surface area contributed by atoms with E-state index in [0.717, 1.165) is 0 Å². The zero-order valence-corrected chi connectivity index (χ0v) is 7.31. The highest BCUT2D eigenvalue weighted by molar-refractivity contribution is 7.17. The Morgan fingerprint density at radius 3 is 1.75 bits per heavy atom. The first-order valence-electron chi connectivity index (χ1n) is 2.95. The maximum atomic E-state index is 3.34. The Kier molecular flexibility index (Phi) is 2.93. The van der Waals surface area contributed by atoms with Gasteiger partial charge < -0.3 is 5.32 Å². The minimum atomic E-state index is 0.251. The third-order valence-electron chi connectivity index (χ3n) is 0.661. The summed E-state index contributed by atoms with van der Waals surface area (Å²) in [5, 5.41) is 3.34. The summed E-state index contributed by atoms with van der Waals surface area (Å²) >= 11 is 0. The van der Waals surface area contributed by atoms with Crippen LogP contribution < -0.4 is 5.32 Å². The summed E-state index contributed by atoms with van der Waals surface area (Å²) in [6, 6.07) is 0. The van der Waals surface area contributed by atoms with Crippen molar-refractivity contribution >= 4 is 9.24 Å². The minimum absolute atomic E-state index is 0.251. The highest BCUT2D eigenvalue weighted by Gasteiger charge is 2.09. The van der Waals surface area contributed by atoms with Gasteiger partial charge in [-0.15, -0.1) is 9.24 Å². The van der Waals surface area contributed by atoms with E-state index in [0.29, 0.717) is 5.78 Å². The zero-order valence-electron chi connectivity index (χ0n) is 6.15. The molecule has 0 amide bonds. The number of hydrogen-bond acceptors (Lipinski definition) is 1. The Hall–Kier alpha value is 0.390. The van der Waals surface area contributed by atoms with Crippen LogP contribution in [0.1, 0.15) is 27.7 Å². The van der Waals surface area contributed by atoms with E-state index in [1.165, 1.54) is 0 Å². The molecule has 0 saturated heterocycles. The molecular weight excluding hydrogens is 117 g/mol. The first kappa shape index (κ1) is 8.39. The lowest BCUT2D eigenvalue weighted by Gasteiger charge is -2.23. The fourth-order valence-electron chi connectivity index (χ4n) is 0.683. The van der Waals surface area contributed by atoms with Gasteiger partial charge >= 0.3 is 0 Å². The van der Waals surface area contributed by atoms with Crippen molar-refractivity contribution in [3.05, 3.63) is 0 Å². The molecule has 0 saturated carbocycles. The van der Waals surface area contributed by atoms with Crippen molar-refractivity contribution in [2.24, 2.45) is 0 Å². The van der Waals surface area contributed by atoms with Crippen LogP contribution in [0.5, 0.6) is 0 Å². The van der Waals surface area contributed by atoms with Crippen LogP contribution in [0.25, 0.3) is 0 Å². The Morgan fingerprint density at radius 2 is 1.75 bits per heavy atom. The second-order valence-electron chi connectivity index (χ2n) is 3.18. The SMILES string of the molecule is CC(P)NC(C)(C)C. The Labute approximate surface area is 54.4 Å². The normalized spacial score (nSPS) is 16.1. The van der Waals surface area contributed by atoms with Crippen molar-refractivity contribution < 1.29 is 0 Å². The summed E-state index contributed by atoms with van der Waals surface area (Å²) < 4.78 is 0. The lowest BCUT2D eigenvalue weighted by Crippen LogP contribution is -2.39. The molecule has 1 N–H and O–H groups in total. The predicted molar refractivity (Wildman–Crippen MR) is 42.1 cm³/mol. The van der Waals surface area contributed by atoms with Gasteiger partial charge in [-0.25, -0.2) is 0 Å². The van der Waals surface area contributed by atoms with Crippen LogP contribution in [0, 0.1) is 0 Å². The summed E-state index contributed by atoms with van der Waals surface area (Å²) in [4.78, 5) is 0. The van der Waals surface area contributed by atoms with E-state index in [2.05, 4.69) is 42.3 Å². The second-order valence-corrected chi connectivity index (χ2v) is 4.18. The number of rotatable bonds is 1. The van der Waals surface area contributed by atoms with Crippen LogP contribution in [-0.2, 0) is 0 Å². The first-order chi connectivity index (χ1) is 3.42. The fraction of sp³-hybridized carbons (Fsp3) is 1.00. The third-order valence-corrected chi connectivity index (χ3v) is 0.827. The average molecular weight is 133 g/mol. The van der Waals surface area contributed by atoms with Gasteiger partial charge in [-0.2, -0.15) is 0 Å². The van der Waals surface area contributed by atoms with E-state index >= 15 is 0 Å². The second kappa shape index (κ2) is 2.80. The molecule has 8 heavy (non-hydrogen) atoms. The zero-order chi connectivity index (χ0) is 6.78. The van der Waals surface area contributed by atoms with Crippen molar-refractivity contribution in [3.63, 3.8) is 0 Å². The van der Waals surface area contributed by atoms with E-state index in [1.807, 2.05) is 0 Å². The van der Waals surface area contributed by atoms with Crippen molar-refractivity contribution in [3.8, 4) is 0 Å². The fourth-order valence-corrected chi connectivity index (χ4v) is 1.18. The van der Waals surface area contributed by atoms with Crippen molar-refractivity contribution in [2.45, 2.75) is 39.0 Å². The molecule has 2 unspecified atom stereocenters. The van der Waals surface area contributed by atoms with E-state index in [4.69, 9.17) is 0 Å². The molecule has 0 aliphatic heterocycles. The molecule has 0 aromatic heterocycles. The van der Waals surface area contributed by atoms with E-state index in [-0.39, 0.29) is 5.54 Å². The molecule has 0 heterocycles. The molecule has 0 aromatic carbocycles. The van der Waals surface area contributed by atoms with Crippen LogP contribution in [0.15, 0.2) is 0 Å². The molecule has 0 aliphatic carbocycles. The van der Waals surface area contributed by atoms with E-state index < -0.39 is 0 Å². The van der Waals surface area contributed by atoms with E-state index in [9.17, 15) is 0 Å². The van der Waals surface area contributed by atoms with Crippen LogP contribution in [0.2, 0.25) is 0 Å². The first-order valence-corrected chi connectivity index (χ1v) is 3.62. The molecule has 0 rings (SSSR count). The monoisotopic (exact) mass is 133 g/mol. The Bertz CT molecular complexity index is 63.4. The summed E-state index contributed by atoms with van der Waals surface area (Å²) in [5.74, 6) is 0.509. The largest absolute Gasteiger partial charge is 0.306 e. The molecule has 2 atom stereocenters. The van der Waals surface area contributed by atoms with Gasteiger partial charge in [0, 0.05) is 11.3 Å². The number of hydrogen-bond donors (Lipinski definition) is 1. The third kappa shape index (κ3) is 6.39.